The fourth-order valence-electron chi connectivity index (χ4n) is 1.40. The molecule has 1 aliphatic rings. The Bertz CT molecular complexity index is 415. The van der Waals surface area contributed by atoms with Crippen molar-refractivity contribution in [1.82, 2.24) is 0 Å². The second-order valence-electron chi connectivity index (χ2n) is 2.91. The number of halogens is 1. The van der Waals surface area contributed by atoms with Crippen LogP contribution in [0, 0.1) is 6.57 Å². The van der Waals surface area contributed by atoms with Gasteiger partial charge in [0.1, 0.15) is 0 Å². The molecular formula is C10H7ClN2. The molecule has 0 unspecified atom stereocenters. The first-order valence-corrected chi connectivity index (χ1v) is 4.49. The van der Waals surface area contributed by atoms with Gasteiger partial charge in [0.2, 0.25) is 0 Å². The lowest BCUT2D eigenvalue weighted by atomic mass is 10.1. The molecule has 0 radical (unpaired) electrons. The largest absolute Gasteiger partial charge is 0.256 e. The molecule has 3 heteroatoms. The molecule has 64 valence electrons. The van der Waals surface area contributed by atoms with Crippen molar-refractivity contribution < 1.29 is 0 Å². The Balaban J connectivity index is 2.40. The van der Waals surface area contributed by atoms with Crippen LogP contribution in [0.25, 0.3) is 4.85 Å². The van der Waals surface area contributed by atoms with Crippen LogP contribution in [0.15, 0.2) is 23.2 Å². The predicted octanol–water partition coefficient (Wildman–Crippen LogP) is 3.10. The van der Waals surface area contributed by atoms with Crippen LogP contribution in [-0.2, 0) is 6.42 Å². The molecule has 0 aromatic heterocycles. The van der Waals surface area contributed by atoms with Gasteiger partial charge in [-0.2, -0.15) is 0 Å². The summed E-state index contributed by atoms with van der Waals surface area (Å²) < 4.78 is 0. The summed E-state index contributed by atoms with van der Waals surface area (Å²) in [6.07, 6.45) is 0.794. The van der Waals surface area contributed by atoms with Gasteiger partial charge in [-0.3, -0.25) is 4.99 Å². The fourth-order valence-corrected chi connectivity index (χ4v) is 1.55. The van der Waals surface area contributed by atoms with Crippen molar-refractivity contribution in [2.24, 2.45) is 4.99 Å². The van der Waals surface area contributed by atoms with Crippen LogP contribution < -0.4 is 0 Å². The van der Waals surface area contributed by atoms with Gasteiger partial charge in [0.15, 0.2) is 5.69 Å². The molecule has 0 atom stereocenters. The highest BCUT2D eigenvalue weighted by Crippen LogP contribution is 2.30. The Labute approximate surface area is 81.7 Å². The van der Waals surface area contributed by atoms with Gasteiger partial charge in [-0.05, 0) is 11.6 Å². The highest BCUT2D eigenvalue weighted by molar-refractivity contribution is 6.29. The van der Waals surface area contributed by atoms with E-state index in [4.69, 9.17) is 18.2 Å². The van der Waals surface area contributed by atoms with Gasteiger partial charge in [-0.25, -0.2) is 4.85 Å². The Morgan fingerprint density at radius 3 is 3.08 bits per heavy atom. The minimum Gasteiger partial charge on any atom is -0.256 e. The molecule has 1 aliphatic heterocycles. The molecule has 0 aliphatic carbocycles. The highest BCUT2D eigenvalue weighted by Gasteiger charge is 2.13. The van der Waals surface area contributed by atoms with Crippen molar-refractivity contribution >= 4 is 28.7 Å². The molecule has 1 aromatic carbocycles. The molecule has 0 spiro atoms. The van der Waals surface area contributed by atoms with E-state index in [1.54, 1.807) is 6.07 Å². The van der Waals surface area contributed by atoms with Crippen LogP contribution in [0.2, 0.25) is 0 Å². The number of benzene rings is 1. The standard InChI is InChI=1S/C10H7ClN2/c1-12-8-2-3-10-7(4-8)5-9(6-11)13-10/h2-4H,5-6H2. The van der Waals surface area contributed by atoms with Crippen LogP contribution in [-0.4, -0.2) is 11.6 Å². The maximum Gasteiger partial charge on any atom is 0.187 e. The van der Waals surface area contributed by atoms with Crippen molar-refractivity contribution in [2.75, 3.05) is 5.88 Å². The first-order valence-electron chi connectivity index (χ1n) is 3.96. The molecule has 1 aromatic rings. The molecule has 0 saturated carbocycles. The van der Waals surface area contributed by atoms with Gasteiger partial charge in [0.05, 0.1) is 18.1 Å². The quantitative estimate of drug-likeness (QED) is 0.478. The number of alkyl halides is 1. The summed E-state index contributed by atoms with van der Waals surface area (Å²) in [5.74, 6) is 0.474. The second-order valence-corrected chi connectivity index (χ2v) is 3.18. The zero-order valence-corrected chi connectivity index (χ0v) is 7.67. The Morgan fingerprint density at radius 1 is 1.54 bits per heavy atom. The summed E-state index contributed by atoms with van der Waals surface area (Å²) in [6.45, 7) is 6.86. The van der Waals surface area contributed by atoms with Crippen molar-refractivity contribution in [3.63, 3.8) is 0 Å². The third-order valence-electron chi connectivity index (χ3n) is 2.02. The molecule has 0 saturated heterocycles. The highest BCUT2D eigenvalue weighted by atomic mass is 35.5. The van der Waals surface area contributed by atoms with E-state index in [0.29, 0.717) is 11.6 Å². The van der Waals surface area contributed by atoms with Gasteiger partial charge < -0.3 is 0 Å². The topological polar surface area (TPSA) is 16.7 Å². The lowest BCUT2D eigenvalue weighted by Crippen LogP contribution is -1.97. The van der Waals surface area contributed by atoms with Gasteiger partial charge in [-0.15, -0.1) is 11.6 Å². The van der Waals surface area contributed by atoms with Crippen LogP contribution in [0.3, 0.4) is 0 Å². The number of hydrogen-bond acceptors (Lipinski definition) is 1. The average Bonchev–Trinajstić information content (AvgIpc) is 2.58. The lowest BCUT2D eigenvalue weighted by molar-refractivity contribution is 1.39. The Morgan fingerprint density at radius 2 is 2.38 bits per heavy atom. The van der Waals surface area contributed by atoms with Gasteiger partial charge in [0.25, 0.3) is 0 Å². The van der Waals surface area contributed by atoms with E-state index in [1.165, 1.54) is 0 Å². The number of aliphatic imine (C=N–C) groups is 1. The third-order valence-corrected chi connectivity index (χ3v) is 2.33. The number of hydrogen-bond donors (Lipinski definition) is 0. The zero-order valence-electron chi connectivity index (χ0n) is 6.92. The summed E-state index contributed by atoms with van der Waals surface area (Å²) in [5, 5.41) is 0. The molecule has 0 amide bonds. The molecule has 0 fully saturated rings. The normalized spacial score (nSPS) is 13.4. The first kappa shape index (κ1) is 8.28. The van der Waals surface area contributed by atoms with Crippen molar-refractivity contribution in [2.45, 2.75) is 6.42 Å². The molecule has 1 heterocycles. The van der Waals surface area contributed by atoms with Crippen LogP contribution >= 0.6 is 11.6 Å². The van der Waals surface area contributed by atoms with Crippen molar-refractivity contribution in [3.05, 3.63) is 35.2 Å². The lowest BCUT2D eigenvalue weighted by Gasteiger charge is -1.95. The van der Waals surface area contributed by atoms with E-state index in [1.807, 2.05) is 12.1 Å². The number of fused-ring (bicyclic) bond motifs is 1. The number of nitrogens with zero attached hydrogens (tertiary/aromatic N) is 2. The zero-order chi connectivity index (χ0) is 9.26. The van der Waals surface area contributed by atoms with E-state index in [0.717, 1.165) is 23.4 Å². The molecule has 0 bridgehead atoms. The first-order chi connectivity index (χ1) is 6.33. The van der Waals surface area contributed by atoms with Crippen LogP contribution in [0.5, 0.6) is 0 Å². The SMILES string of the molecule is [C-]#[N+]c1ccc2c(c1)CC(CCl)=N2. The second kappa shape index (κ2) is 3.20. The summed E-state index contributed by atoms with van der Waals surface area (Å²) in [5.41, 5.74) is 3.73. The maximum atomic E-state index is 6.86. The fraction of sp³-hybridized carbons (Fsp3) is 0.200. The average molecular weight is 191 g/mol. The molecular weight excluding hydrogens is 184 g/mol. The Kier molecular flexibility index (Phi) is 2.03. The van der Waals surface area contributed by atoms with Crippen LogP contribution in [0.4, 0.5) is 11.4 Å². The summed E-state index contributed by atoms with van der Waals surface area (Å²) >= 11 is 5.68. The minimum atomic E-state index is 0.474. The van der Waals surface area contributed by atoms with E-state index >= 15 is 0 Å². The maximum absolute atomic E-state index is 6.86. The van der Waals surface area contributed by atoms with E-state index in [9.17, 15) is 0 Å². The monoisotopic (exact) mass is 190 g/mol. The van der Waals surface area contributed by atoms with Gasteiger partial charge in [-0.1, -0.05) is 12.1 Å². The predicted molar refractivity (Wildman–Crippen MR) is 54.2 cm³/mol. The number of rotatable bonds is 1. The van der Waals surface area contributed by atoms with E-state index < -0.39 is 0 Å². The summed E-state index contributed by atoms with van der Waals surface area (Å²) in [7, 11) is 0. The van der Waals surface area contributed by atoms with Crippen molar-refractivity contribution in [3.8, 4) is 0 Å². The van der Waals surface area contributed by atoms with E-state index in [2.05, 4.69) is 9.84 Å². The molecule has 13 heavy (non-hydrogen) atoms. The summed E-state index contributed by atoms with van der Waals surface area (Å²) in [4.78, 5) is 7.69. The molecule has 0 N–H and O–H groups in total. The Hall–Kier alpha value is -1.33. The molecule has 2 rings (SSSR count). The van der Waals surface area contributed by atoms with E-state index in [-0.39, 0.29) is 0 Å². The van der Waals surface area contributed by atoms with Gasteiger partial charge in [0, 0.05) is 12.1 Å². The summed E-state index contributed by atoms with van der Waals surface area (Å²) in [6, 6.07) is 5.54. The van der Waals surface area contributed by atoms with Gasteiger partial charge >= 0.3 is 0 Å². The third kappa shape index (κ3) is 1.43. The smallest absolute Gasteiger partial charge is 0.187 e. The molecule has 2 nitrogen and oxygen atoms in total. The van der Waals surface area contributed by atoms with Crippen molar-refractivity contribution in [1.29, 1.82) is 0 Å². The minimum absolute atomic E-state index is 0.474. The van der Waals surface area contributed by atoms with Crippen LogP contribution in [0.1, 0.15) is 5.56 Å².